The molecule has 1 aliphatic carbocycles. The highest BCUT2D eigenvalue weighted by molar-refractivity contribution is 5.80. The fourth-order valence-electron chi connectivity index (χ4n) is 4.48. The van der Waals surface area contributed by atoms with E-state index in [0.29, 0.717) is 26.1 Å². The van der Waals surface area contributed by atoms with Gasteiger partial charge in [0.25, 0.3) is 0 Å². The first-order valence-electron chi connectivity index (χ1n) is 11.8. The average Bonchev–Trinajstić information content (AvgIpc) is 3.65. The summed E-state index contributed by atoms with van der Waals surface area (Å²) in [4.78, 5) is 23.5. The van der Waals surface area contributed by atoms with Crippen LogP contribution in [-0.4, -0.2) is 75.4 Å². The Hall–Kier alpha value is -2.82. The molecule has 4 rings (SSSR count). The van der Waals surface area contributed by atoms with Crippen LogP contribution in [0, 0.1) is 18.7 Å². The lowest BCUT2D eigenvalue weighted by atomic mass is 9.92. The van der Waals surface area contributed by atoms with E-state index in [0.717, 1.165) is 18.4 Å². The molecule has 34 heavy (non-hydrogen) atoms. The van der Waals surface area contributed by atoms with E-state index < -0.39 is 23.9 Å². The summed E-state index contributed by atoms with van der Waals surface area (Å²) in [5.74, 6) is -0.883. The second-order valence-electron chi connectivity index (χ2n) is 9.30. The highest BCUT2D eigenvalue weighted by Gasteiger charge is 2.35. The summed E-state index contributed by atoms with van der Waals surface area (Å²) < 4.78 is 15.5. The molecule has 0 radical (unpaired) electrons. The molecule has 2 fully saturated rings. The Kier molecular flexibility index (Phi) is 7.60. The average molecular weight is 473 g/mol. The van der Waals surface area contributed by atoms with E-state index in [4.69, 9.17) is 5.73 Å². The third-order valence-electron chi connectivity index (χ3n) is 6.73. The summed E-state index contributed by atoms with van der Waals surface area (Å²) in [6.07, 6.45) is 3.19. The molecule has 0 spiro atoms. The first-order chi connectivity index (χ1) is 16.4. The Morgan fingerprint density at radius 2 is 2.03 bits per heavy atom. The molecule has 10 heteroatoms. The summed E-state index contributed by atoms with van der Waals surface area (Å²) in [5.41, 5.74) is 7.61. The predicted molar refractivity (Wildman–Crippen MR) is 127 cm³/mol. The van der Waals surface area contributed by atoms with Gasteiger partial charge in [0.05, 0.1) is 12.7 Å². The molecule has 1 aromatic heterocycles. The maximum Gasteiger partial charge on any atom is 0.237 e. The number of amides is 1. The molecular weight excluding hydrogens is 439 g/mol. The fourth-order valence-corrected chi connectivity index (χ4v) is 4.48. The van der Waals surface area contributed by atoms with Crippen LogP contribution in [-0.2, 0) is 11.3 Å². The van der Waals surface area contributed by atoms with E-state index in [9.17, 15) is 15.0 Å². The number of hydrogen-bond acceptors (Lipinski definition) is 8. The zero-order chi connectivity index (χ0) is 24.2. The number of piperidine rings is 1. The van der Waals surface area contributed by atoms with Gasteiger partial charge in [-0.1, -0.05) is 29.8 Å². The number of anilines is 2. The third-order valence-corrected chi connectivity index (χ3v) is 6.73. The number of hydrogen-bond donors (Lipinski definition) is 4. The molecule has 3 unspecified atom stereocenters. The number of rotatable bonds is 10. The molecule has 2 aromatic rings. The number of aryl methyl sites for hydroxylation is 1. The first-order valence-corrected chi connectivity index (χ1v) is 11.8. The number of aromatic nitrogens is 2. The van der Waals surface area contributed by atoms with Gasteiger partial charge in [0.15, 0.2) is 11.6 Å². The van der Waals surface area contributed by atoms with Crippen LogP contribution in [0.1, 0.15) is 30.4 Å². The molecule has 2 heterocycles. The number of nitrogens with zero attached hydrogens (tertiary/aromatic N) is 4. The molecule has 1 aliphatic heterocycles. The summed E-state index contributed by atoms with van der Waals surface area (Å²) >= 11 is 0. The van der Waals surface area contributed by atoms with Gasteiger partial charge in [-0.2, -0.15) is 4.39 Å². The summed E-state index contributed by atoms with van der Waals surface area (Å²) in [5, 5.41) is 23.0. The standard InChI is InChI=1S/C24H33FN6O3/c1-15-2-4-16(5-3-15)11-31(18-6-7-18)24-21(25)23(28-14-29-24)27-10-17-8-9-30(12-20(17)33)19(13-32)22(26)34/h2-5,14,17-20,32-33H,6-13H2,1H3,(H2,26,34)(H,27,28,29). The van der Waals surface area contributed by atoms with Gasteiger partial charge in [-0.25, -0.2) is 9.97 Å². The summed E-state index contributed by atoms with van der Waals surface area (Å²) in [6.45, 7) is 3.25. The van der Waals surface area contributed by atoms with Crippen molar-refractivity contribution < 1.29 is 19.4 Å². The number of benzene rings is 1. The van der Waals surface area contributed by atoms with E-state index in [2.05, 4.69) is 27.4 Å². The highest BCUT2D eigenvalue weighted by Crippen LogP contribution is 2.34. The minimum atomic E-state index is -0.813. The lowest BCUT2D eigenvalue weighted by Gasteiger charge is -2.38. The molecule has 184 valence electrons. The largest absolute Gasteiger partial charge is 0.394 e. The van der Waals surface area contributed by atoms with Crippen molar-refractivity contribution in [3.8, 4) is 0 Å². The Morgan fingerprint density at radius 1 is 1.29 bits per heavy atom. The SMILES string of the molecule is Cc1ccc(CN(c2ncnc(NCC3CCN(C(CO)C(N)=O)CC3O)c2F)C2CC2)cc1. The van der Waals surface area contributed by atoms with Gasteiger partial charge in [-0.15, -0.1) is 0 Å². The van der Waals surface area contributed by atoms with Gasteiger partial charge < -0.3 is 26.2 Å². The van der Waals surface area contributed by atoms with Crippen molar-refractivity contribution in [1.29, 1.82) is 0 Å². The van der Waals surface area contributed by atoms with Crippen LogP contribution in [0.4, 0.5) is 16.0 Å². The normalized spacial score (nSPS) is 21.8. The number of primary amides is 1. The zero-order valence-corrected chi connectivity index (χ0v) is 19.4. The summed E-state index contributed by atoms with van der Waals surface area (Å²) in [6, 6.07) is 7.65. The van der Waals surface area contributed by atoms with Crippen molar-refractivity contribution in [2.24, 2.45) is 11.7 Å². The van der Waals surface area contributed by atoms with Crippen LogP contribution in [0.3, 0.4) is 0 Å². The second-order valence-corrected chi connectivity index (χ2v) is 9.30. The number of aliphatic hydroxyl groups is 2. The molecule has 0 bridgehead atoms. The Morgan fingerprint density at radius 3 is 2.65 bits per heavy atom. The van der Waals surface area contributed by atoms with Gasteiger partial charge >= 0.3 is 0 Å². The van der Waals surface area contributed by atoms with Crippen molar-refractivity contribution in [3.63, 3.8) is 0 Å². The number of nitrogens with one attached hydrogen (secondary N) is 1. The molecule has 1 saturated carbocycles. The van der Waals surface area contributed by atoms with E-state index in [1.54, 1.807) is 4.90 Å². The number of nitrogens with two attached hydrogens (primary N) is 1. The van der Waals surface area contributed by atoms with E-state index in [1.807, 2.05) is 24.0 Å². The van der Waals surface area contributed by atoms with Crippen molar-refractivity contribution in [1.82, 2.24) is 14.9 Å². The van der Waals surface area contributed by atoms with E-state index in [-0.39, 0.29) is 36.7 Å². The second kappa shape index (κ2) is 10.6. The third kappa shape index (κ3) is 5.63. The van der Waals surface area contributed by atoms with Crippen LogP contribution in [0.5, 0.6) is 0 Å². The maximum absolute atomic E-state index is 15.5. The fraction of sp³-hybridized carbons (Fsp3) is 0.542. The van der Waals surface area contributed by atoms with Crippen molar-refractivity contribution >= 4 is 17.5 Å². The van der Waals surface area contributed by atoms with Gasteiger partial charge in [-0.3, -0.25) is 9.69 Å². The number of carbonyl (C=O) groups excluding carboxylic acids is 1. The van der Waals surface area contributed by atoms with Crippen LogP contribution < -0.4 is 16.0 Å². The molecule has 9 nitrogen and oxygen atoms in total. The molecule has 1 saturated heterocycles. The Balaban J connectivity index is 1.41. The summed E-state index contributed by atoms with van der Waals surface area (Å²) in [7, 11) is 0. The van der Waals surface area contributed by atoms with Crippen LogP contribution in [0.2, 0.25) is 0 Å². The minimum Gasteiger partial charge on any atom is -0.394 e. The van der Waals surface area contributed by atoms with Gasteiger partial charge in [0.1, 0.15) is 12.4 Å². The van der Waals surface area contributed by atoms with Gasteiger partial charge in [0, 0.05) is 31.6 Å². The number of carbonyl (C=O) groups is 1. The van der Waals surface area contributed by atoms with E-state index >= 15 is 4.39 Å². The van der Waals surface area contributed by atoms with Gasteiger partial charge in [0.2, 0.25) is 11.7 Å². The van der Waals surface area contributed by atoms with Gasteiger partial charge in [-0.05, 0) is 38.3 Å². The Bertz CT molecular complexity index is 987. The van der Waals surface area contributed by atoms with Crippen molar-refractivity contribution in [2.75, 3.05) is 36.5 Å². The topological polar surface area (TPSA) is 128 Å². The number of halogens is 1. The monoisotopic (exact) mass is 472 g/mol. The van der Waals surface area contributed by atoms with E-state index in [1.165, 1.54) is 11.9 Å². The predicted octanol–water partition coefficient (Wildman–Crippen LogP) is 1.03. The molecule has 3 atom stereocenters. The molecule has 1 aromatic carbocycles. The first kappa shape index (κ1) is 24.3. The van der Waals surface area contributed by atoms with Crippen LogP contribution >= 0.6 is 0 Å². The quantitative estimate of drug-likeness (QED) is 0.404. The molecule has 1 amide bonds. The Labute approximate surface area is 198 Å². The van der Waals surface area contributed by atoms with Crippen LogP contribution in [0.25, 0.3) is 0 Å². The van der Waals surface area contributed by atoms with Crippen molar-refractivity contribution in [3.05, 3.63) is 47.5 Å². The maximum atomic E-state index is 15.5. The molecule has 2 aliphatic rings. The van der Waals surface area contributed by atoms with Crippen LogP contribution in [0.15, 0.2) is 30.6 Å². The number of β-amino-alcohol motifs (C(OH)–C–C–N with tert-alkyl or cyclic N) is 1. The minimum absolute atomic E-state index is 0.111. The molecular formula is C24H33FN6O3. The number of aliphatic hydroxyl groups excluding tert-OH is 2. The van der Waals surface area contributed by atoms with Crippen molar-refractivity contribution in [2.45, 2.75) is 50.9 Å². The molecule has 5 N–H and O–H groups in total. The lowest BCUT2D eigenvalue weighted by Crippen LogP contribution is -2.55. The highest BCUT2D eigenvalue weighted by atomic mass is 19.1. The number of likely N-dealkylation sites (tertiary alicyclic amines) is 1. The lowest BCUT2D eigenvalue weighted by molar-refractivity contribution is -0.126. The smallest absolute Gasteiger partial charge is 0.237 e. The zero-order valence-electron chi connectivity index (χ0n) is 19.4.